The molecular weight excluding hydrogens is 252 g/mol. The van der Waals surface area contributed by atoms with E-state index in [1.807, 2.05) is 0 Å². The van der Waals surface area contributed by atoms with Crippen molar-refractivity contribution in [3.8, 4) is 0 Å². The molecule has 0 aromatic carbocycles. The third-order valence-electron chi connectivity index (χ3n) is 3.82. The van der Waals surface area contributed by atoms with E-state index in [9.17, 15) is 8.42 Å². The molecule has 2 aliphatic rings. The van der Waals surface area contributed by atoms with E-state index in [0.717, 1.165) is 45.2 Å². The molecule has 0 bridgehead atoms. The summed E-state index contributed by atoms with van der Waals surface area (Å²) < 4.78 is 32.0. The van der Waals surface area contributed by atoms with Crippen LogP contribution in [0.15, 0.2) is 0 Å². The fraction of sp³-hybridized carbons (Fsp3) is 1.00. The number of rotatable bonds is 5. The molecule has 0 saturated carbocycles. The molecule has 0 atom stereocenters. The Labute approximate surface area is 110 Å². The van der Waals surface area contributed by atoms with Crippen LogP contribution in [0, 0.1) is 5.92 Å². The molecule has 106 valence electrons. The smallest absolute Gasteiger partial charge is 0.211 e. The van der Waals surface area contributed by atoms with Gasteiger partial charge in [-0.25, -0.2) is 13.1 Å². The Morgan fingerprint density at radius 1 is 1.11 bits per heavy atom. The minimum absolute atomic E-state index is 0.0803. The van der Waals surface area contributed by atoms with Crippen LogP contribution in [0.5, 0.6) is 0 Å². The first kappa shape index (κ1) is 14.2. The first-order chi connectivity index (χ1) is 8.66. The molecular formula is C12H24N2O3S. The normalized spacial score (nSPS) is 24.2. The summed E-state index contributed by atoms with van der Waals surface area (Å²) in [5.41, 5.74) is 0. The molecule has 6 heteroatoms. The highest BCUT2D eigenvalue weighted by atomic mass is 32.2. The van der Waals surface area contributed by atoms with Gasteiger partial charge in [-0.05, 0) is 51.1 Å². The summed E-state index contributed by atoms with van der Waals surface area (Å²) in [4.78, 5) is 0. The van der Waals surface area contributed by atoms with Crippen LogP contribution < -0.4 is 10.0 Å². The van der Waals surface area contributed by atoms with Crippen molar-refractivity contribution < 1.29 is 13.2 Å². The summed E-state index contributed by atoms with van der Waals surface area (Å²) in [6, 6.07) is 0.0803. The van der Waals surface area contributed by atoms with E-state index in [2.05, 4.69) is 10.0 Å². The maximum atomic E-state index is 12.0. The Morgan fingerprint density at radius 2 is 1.78 bits per heavy atom. The fourth-order valence-corrected chi connectivity index (χ4v) is 4.13. The molecule has 0 spiro atoms. The van der Waals surface area contributed by atoms with Gasteiger partial charge in [0.15, 0.2) is 0 Å². The molecule has 2 saturated heterocycles. The lowest BCUT2D eigenvalue weighted by Gasteiger charge is -2.25. The predicted octanol–water partition coefficient (Wildman–Crippen LogP) is 0.475. The van der Waals surface area contributed by atoms with Crippen molar-refractivity contribution in [2.75, 3.05) is 32.1 Å². The molecule has 18 heavy (non-hydrogen) atoms. The van der Waals surface area contributed by atoms with E-state index in [1.165, 1.54) is 0 Å². The predicted molar refractivity (Wildman–Crippen MR) is 71.0 cm³/mol. The molecule has 2 aliphatic heterocycles. The molecule has 0 aromatic heterocycles. The molecule has 0 amide bonds. The maximum Gasteiger partial charge on any atom is 0.211 e. The van der Waals surface area contributed by atoms with E-state index < -0.39 is 10.0 Å². The van der Waals surface area contributed by atoms with Crippen molar-refractivity contribution in [2.45, 2.75) is 38.1 Å². The minimum Gasteiger partial charge on any atom is -0.381 e. The highest BCUT2D eigenvalue weighted by molar-refractivity contribution is 7.89. The van der Waals surface area contributed by atoms with Gasteiger partial charge in [0.2, 0.25) is 10.0 Å². The largest absolute Gasteiger partial charge is 0.381 e. The first-order valence-electron chi connectivity index (χ1n) is 6.94. The zero-order valence-electron chi connectivity index (χ0n) is 10.9. The molecule has 0 unspecified atom stereocenters. The Bertz CT molecular complexity index is 333. The average Bonchev–Trinajstić information content (AvgIpc) is 2.38. The summed E-state index contributed by atoms with van der Waals surface area (Å²) in [6.07, 6.45) is 4.60. The van der Waals surface area contributed by atoms with Crippen molar-refractivity contribution in [1.29, 1.82) is 0 Å². The third-order valence-corrected chi connectivity index (χ3v) is 5.29. The highest BCUT2D eigenvalue weighted by Crippen LogP contribution is 2.17. The van der Waals surface area contributed by atoms with Gasteiger partial charge in [0, 0.05) is 19.3 Å². The number of hydrogen-bond acceptors (Lipinski definition) is 4. The van der Waals surface area contributed by atoms with E-state index in [-0.39, 0.29) is 11.8 Å². The Morgan fingerprint density at radius 3 is 2.44 bits per heavy atom. The van der Waals surface area contributed by atoms with Crippen LogP contribution in [-0.4, -0.2) is 46.5 Å². The lowest BCUT2D eigenvalue weighted by molar-refractivity contribution is 0.0832. The monoisotopic (exact) mass is 276 g/mol. The first-order valence-corrected chi connectivity index (χ1v) is 8.59. The lowest BCUT2D eigenvalue weighted by Crippen LogP contribution is -2.40. The molecule has 5 nitrogen and oxygen atoms in total. The van der Waals surface area contributed by atoms with Crippen molar-refractivity contribution in [1.82, 2.24) is 10.0 Å². The van der Waals surface area contributed by atoms with Gasteiger partial charge in [-0.15, -0.1) is 0 Å². The van der Waals surface area contributed by atoms with E-state index >= 15 is 0 Å². The number of nitrogens with one attached hydrogen (secondary N) is 2. The zero-order chi connectivity index (χ0) is 12.8. The van der Waals surface area contributed by atoms with E-state index in [4.69, 9.17) is 4.74 Å². The lowest BCUT2D eigenvalue weighted by atomic mass is 9.96. The topological polar surface area (TPSA) is 67.4 Å². The van der Waals surface area contributed by atoms with Crippen molar-refractivity contribution in [3.63, 3.8) is 0 Å². The van der Waals surface area contributed by atoms with E-state index in [1.54, 1.807) is 0 Å². The second-order valence-corrected chi connectivity index (χ2v) is 7.18. The van der Waals surface area contributed by atoms with Gasteiger partial charge in [0.25, 0.3) is 0 Å². The average molecular weight is 276 g/mol. The zero-order valence-corrected chi connectivity index (χ0v) is 11.7. The summed E-state index contributed by atoms with van der Waals surface area (Å²) in [7, 11) is -3.11. The maximum absolute atomic E-state index is 12.0. The standard InChI is InChI=1S/C12H24N2O3S/c15-18(16,14-12-3-8-17-9-4-12)10-5-11-1-6-13-7-2-11/h11-14H,1-10H2. The third kappa shape index (κ3) is 4.84. The quantitative estimate of drug-likeness (QED) is 0.766. The van der Waals surface area contributed by atoms with Gasteiger partial charge in [-0.3, -0.25) is 0 Å². The molecule has 2 rings (SSSR count). The minimum atomic E-state index is -3.11. The molecule has 0 aromatic rings. The Hall–Kier alpha value is -0.170. The molecule has 2 fully saturated rings. The van der Waals surface area contributed by atoms with Crippen molar-refractivity contribution >= 4 is 10.0 Å². The summed E-state index contributed by atoms with van der Waals surface area (Å²) in [5, 5.41) is 3.30. The summed E-state index contributed by atoms with van der Waals surface area (Å²) >= 11 is 0. The Kier molecular flexibility index (Phi) is 5.41. The van der Waals surface area contributed by atoms with Crippen LogP contribution >= 0.6 is 0 Å². The van der Waals surface area contributed by atoms with Crippen LogP contribution in [0.25, 0.3) is 0 Å². The van der Waals surface area contributed by atoms with Crippen molar-refractivity contribution in [2.24, 2.45) is 5.92 Å². The Balaban J connectivity index is 1.72. The number of ether oxygens (including phenoxy) is 1. The van der Waals surface area contributed by atoms with Gasteiger partial charge in [0.1, 0.15) is 0 Å². The highest BCUT2D eigenvalue weighted by Gasteiger charge is 2.22. The number of sulfonamides is 1. The number of piperidine rings is 1. The molecule has 0 radical (unpaired) electrons. The van der Waals surface area contributed by atoms with Gasteiger partial charge in [-0.2, -0.15) is 0 Å². The van der Waals surface area contributed by atoms with Crippen LogP contribution in [0.2, 0.25) is 0 Å². The van der Waals surface area contributed by atoms with Crippen LogP contribution in [0.4, 0.5) is 0 Å². The summed E-state index contributed by atoms with van der Waals surface area (Å²) in [5.74, 6) is 0.840. The van der Waals surface area contributed by atoms with Gasteiger partial charge in [-0.1, -0.05) is 0 Å². The fourth-order valence-electron chi connectivity index (χ4n) is 2.62. The second kappa shape index (κ2) is 6.84. The molecule has 2 N–H and O–H groups in total. The van der Waals surface area contributed by atoms with Crippen LogP contribution in [0.3, 0.4) is 0 Å². The van der Waals surface area contributed by atoms with Crippen LogP contribution in [-0.2, 0) is 14.8 Å². The van der Waals surface area contributed by atoms with Crippen LogP contribution in [0.1, 0.15) is 32.1 Å². The van der Waals surface area contributed by atoms with Gasteiger partial charge >= 0.3 is 0 Å². The number of hydrogen-bond donors (Lipinski definition) is 2. The van der Waals surface area contributed by atoms with Crippen molar-refractivity contribution in [3.05, 3.63) is 0 Å². The van der Waals surface area contributed by atoms with E-state index in [0.29, 0.717) is 19.1 Å². The summed E-state index contributed by atoms with van der Waals surface area (Å²) in [6.45, 7) is 3.39. The van der Waals surface area contributed by atoms with Gasteiger partial charge in [0.05, 0.1) is 5.75 Å². The molecule has 2 heterocycles. The van der Waals surface area contributed by atoms with Gasteiger partial charge < -0.3 is 10.1 Å². The molecule has 0 aliphatic carbocycles. The SMILES string of the molecule is O=S(=O)(CCC1CCNCC1)NC1CCOCC1. The second-order valence-electron chi connectivity index (χ2n) is 5.31.